The van der Waals surface area contributed by atoms with E-state index in [9.17, 15) is 9.90 Å². The molecule has 0 N–H and O–H groups in total. The number of aliphatic carboxylic acids is 1. The third kappa shape index (κ3) is 0.815. The van der Waals surface area contributed by atoms with Crippen LogP contribution in [-0.4, -0.2) is 5.97 Å². The normalized spacial score (nSPS) is 48.1. The first kappa shape index (κ1) is 7.14. The molecular weight excluding hydrogens is 140 g/mol. The number of rotatable bonds is 1. The molecule has 2 bridgehead atoms. The maximum Gasteiger partial charge on any atom is 0.0476 e. The molecule has 2 heteroatoms. The highest BCUT2D eigenvalue weighted by atomic mass is 16.4. The van der Waals surface area contributed by atoms with Crippen molar-refractivity contribution < 1.29 is 9.90 Å². The second kappa shape index (κ2) is 1.99. The summed E-state index contributed by atoms with van der Waals surface area (Å²) in [6.45, 7) is 1.85. The largest absolute Gasteiger partial charge is 0.550 e. The van der Waals surface area contributed by atoms with E-state index in [4.69, 9.17) is 0 Å². The summed E-state index contributed by atoms with van der Waals surface area (Å²) in [5.74, 6) is 0.269. The van der Waals surface area contributed by atoms with Crippen molar-refractivity contribution in [2.45, 2.75) is 32.6 Å². The summed E-state index contributed by atoms with van der Waals surface area (Å²) in [7, 11) is 0. The predicted molar refractivity (Wildman–Crippen MR) is 38.6 cm³/mol. The van der Waals surface area contributed by atoms with E-state index in [0.717, 1.165) is 19.3 Å². The van der Waals surface area contributed by atoms with Crippen LogP contribution in [0, 0.1) is 17.3 Å². The van der Waals surface area contributed by atoms with E-state index in [1.54, 1.807) is 0 Å². The molecule has 2 nitrogen and oxygen atoms in total. The first-order chi connectivity index (χ1) is 5.13. The van der Waals surface area contributed by atoms with Gasteiger partial charge in [-0.2, -0.15) is 0 Å². The predicted octanol–water partition coefficient (Wildman–Crippen LogP) is 0.563. The Morgan fingerprint density at radius 2 is 2.27 bits per heavy atom. The Kier molecular flexibility index (Phi) is 1.29. The van der Waals surface area contributed by atoms with Gasteiger partial charge in [-0.1, -0.05) is 13.3 Å². The van der Waals surface area contributed by atoms with Crippen LogP contribution in [-0.2, 0) is 4.79 Å². The van der Waals surface area contributed by atoms with Crippen molar-refractivity contribution >= 4 is 5.97 Å². The molecule has 0 radical (unpaired) electrons. The van der Waals surface area contributed by atoms with Crippen molar-refractivity contribution in [1.82, 2.24) is 0 Å². The molecule has 0 heterocycles. The maximum atomic E-state index is 10.8. The van der Waals surface area contributed by atoms with Crippen LogP contribution >= 0.6 is 0 Å². The Bertz CT molecular complexity index is 200. The van der Waals surface area contributed by atoms with E-state index < -0.39 is 11.4 Å². The molecule has 0 aromatic rings. The van der Waals surface area contributed by atoms with Gasteiger partial charge in [0.05, 0.1) is 0 Å². The van der Waals surface area contributed by atoms with Crippen LogP contribution in [0.3, 0.4) is 0 Å². The molecule has 2 fully saturated rings. The van der Waals surface area contributed by atoms with Crippen molar-refractivity contribution in [2.24, 2.45) is 17.3 Å². The van der Waals surface area contributed by atoms with E-state index >= 15 is 0 Å². The quantitative estimate of drug-likeness (QED) is 0.552. The van der Waals surface area contributed by atoms with E-state index in [0.29, 0.717) is 11.8 Å². The zero-order valence-electron chi connectivity index (χ0n) is 6.80. The molecule has 3 atom stereocenters. The van der Waals surface area contributed by atoms with Crippen LogP contribution in [0.4, 0.5) is 0 Å². The zero-order chi connectivity index (χ0) is 8.06. The third-order valence-electron chi connectivity index (χ3n) is 3.62. The highest BCUT2D eigenvalue weighted by Gasteiger charge is 2.48. The van der Waals surface area contributed by atoms with Crippen LogP contribution in [0.5, 0.6) is 0 Å². The van der Waals surface area contributed by atoms with Crippen LogP contribution in [0.2, 0.25) is 0 Å². The topological polar surface area (TPSA) is 40.1 Å². The third-order valence-corrected chi connectivity index (χ3v) is 3.62. The Hall–Kier alpha value is -0.530. The van der Waals surface area contributed by atoms with Crippen molar-refractivity contribution in [3.05, 3.63) is 0 Å². The molecule has 0 aromatic heterocycles. The summed E-state index contributed by atoms with van der Waals surface area (Å²) in [6.07, 6.45) is 4.34. The molecular formula is C9H13O2-. The molecule has 2 aliphatic carbocycles. The van der Waals surface area contributed by atoms with Gasteiger partial charge in [-0.3, -0.25) is 0 Å². The molecule has 2 aliphatic rings. The highest BCUT2D eigenvalue weighted by Crippen LogP contribution is 2.55. The van der Waals surface area contributed by atoms with Crippen LogP contribution in [0.15, 0.2) is 0 Å². The standard InChI is InChI=1S/C9H14O2/c1-9(8(10)11)5-6-2-3-7(9)4-6/h6-7H,2-5H2,1H3,(H,10,11)/p-1. The molecule has 62 valence electrons. The summed E-state index contributed by atoms with van der Waals surface area (Å²) in [5, 5.41) is 10.8. The van der Waals surface area contributed by atoms with Gasteiger partial charge >= 0.3 is 0 Å². The molecule has 2 saturated carbocycles. The minimum absolute atomic E-state index is 0.414. The first-order valence-electron chi connectivity index (χ1n) is 4.34. The molecule has 3 unspecified atom stereocenters. The van der Waals surface area contributed by atoms with Gasteiger partial charge in [0.1, 0.15) is 0 Å². The molecule has 11 heavy (non-hydrogen) atoms. The van der Waals surface area contributed by atoms with Gasteiger partial charge in [0.25, 0.3) is 0 Å². The summed E-state index contributed by atoms with van der Waals surface area (Å²) in [4.78, 5) is 10.8. The molecule has 0 spiro atoms. The fraction of sp³-hybridized carbons (Fsp3) is 0.889. The highest BCUT2D eigenvalue weighted by molar-refractivity contribution is 5.73. The van der Waals surface area contributed by atoms with Crippen LogP contribution in [0.1, 0.15) is 32.6 Å². The minimum Gasteiger partial charge on any atom is -0.550 e. The molecule has 0 saturated heterocycles. The number of carboxylic acids is 1. The van der Waals surface area contributed by atoms with Gasteiger partial charge in [-0.05, 0) is 31.1 Å². The van der Waals surface area contributed by atoms with Crippen LogP contribution < -0.4 is 5.11 Å². The Labute approximate surface area is 66.6 Å². The number of carboxylic acid groups (broad SMARTS) is 1. The Morgan fingerprint density at radius 3 is 2.55 bits per heavy atom. The number of carbonyl (C=O) groups is 1. The number of hydrogen-bond acceptors (Lipinski definition) is 2. The second-order valence-corrected chi connectivity index (χ2v) is 4.29. The van der Waals surface area contributed by atoms with Crippen molar-refractivity contribution in [3.63, 3.8) is 0 Å². The molecule has 0 amide bonds. The van der Waals surface area contributed by atoms with Gasteiger partial charge < -0.3 is 9.90 Å². The lowest BCUT2D eigenvalue weighted by Gasteiger charge is -2.34. The summed E-state index contributed by atoms with van der Waals surface area (Å²) in [6, 6.07) is 0. The van der Waals surface area contributed by atoms with Crippen LogP contribution in [0.25, 0.3) is 0 Å². The van der Waals surface area contributed by atoms with E-state index in [1.807, 2.05) is 6.92 Å². The lowest BCUT2D eigenvalue weighted by Crippen LogP contribution is -2.43. The number of hydrogen-bond donors (Lipinski definition) is 0. The number of carbonyl (C=O) groups excluding carboxylic acids is 1. The zero-order valence-corrected chi connectivity index (χ0v) is 6.80. The SMILES string of the molecule is CC1(C(=O)[O-])CC2CCC1C2. The minimum atomic E-state index is -0.829. The fourth-order valence-electron chi connectivity index (χ4n) is 2.86. The lowest BCUT2D eigenvalue weighted by molar-refractivity contribution is -0.321. The number of fused-ring (bicyclic) bond motifs is 2. The van der Waals surface area contributed by atoms with E-state index in [2.05, 4.69) is 0 Å². The van der Waals surface area contributed by atoms with Gasteiger partial charge in [-0.25, -0.2) is 0 Å². The molecule has 0 aromatic carbocycles. The van der Waals surface area contributed by atoms with Gasteiger partial charge in [-0.15, -0.1) is 0 Å². The van der Waals surface area contributed by atoms with Gasteiger partial charge in [0.2, 0.25) is 0 Å². The average Bonchev–Trinajstić information content (AvgIpc) is 2.45. The maximum absolute atomic E-state index is 10.8. The monoisotopic (exact) mass is 153 g/mol. The van der Waals surface area contributed by atoms with Crippen molar-refractivity contribution in [3.8, 4) is 0 Å². The Morgan fingerprint density at radius 1 is 1.55 bits per heavy atom. The lowest BCUT2D eigenvalue weighted by atomic mass is 9.75. The molecule has 2 rings (SSSR count). The van der Waals surface area contributed by atoms with E-state index in [-0.39, 0.29) is 0 Å². The Balaban J connectivity index is 2.23. The summed E-state index contributed by atoms with van der Waals surface area (Å²) >= 11 is 0. The fourth-order valence-corrected chi connectivity index (χ4v) is 2.86. The second-order valence-electron chi connectivity index (χ2n) is 4.29. The first-order valence-corrected chi connectivity index (χ1v) is 4.34. The van der Waals surface area contributed by atoms with Crippen molar-refractivity contribution in [1.29, 1.82) is 0 Å². The summed E-state index contributed by atoms with van der Waals surface area (Å²) in [5.41, 5.74) is -0.483. The van der Waals surface area contributed by atoms with Gasteiger partial charge in [0.15, 0.2) is 0 Å². The van der Waals surface area contributed by atoms with Crippen molar-refractivity contribution in [2.75, 3.05) is 0 Å². The van der Waals surface area contributed by atoms with Gasteiger partial charge in [0, 0.05) is 11.4 Å². The summed E-state index contributed by atoms with van der Waals surface area (Å²) < 4.78 is 0. The molecule has 0 aliphatic heterocycles. The average molecular weight is 153 g/mol. The van der Waals surface area contributed by atoms with E-state index in [1.165, 1.54) is 6.42 Å². The smallest absolute Gasteiger partial charge is 0.0476 e.